The Morgan fingerprint density at radius 1 is 1.12 bits per heavy atom. The molecule has 34 heavy (non-hydrogen) atoms. The molecule has 0 saturated heterocycles. The standard InChI is InChI=1S/C19H16BrN5O5S4/c1-31-19-16(10-15(32-19)17(21)23-24-22)33(28,13-6-3-5-12(20)9-13)25-34(29,30)14-7-2-4-11(8-14)18(26)27/h2-10H,1H3,(H,26,27)(H3,21,22,23). The number of carbonyl (C=O) groups is 1. The largest absolute Gasteiger partial charge is 0.478 e. The fourth-order valence-electron chi connectivity index (χ4n) is 2.74. The Bertz CT molecular complexity index is 1540. The van der Waals surface area contributed by atoms with Crippen LogP contribution >= 0.6 is 39.0 Å². The molecule has 4 N–H and O–H groups in total. The van der Waals surface area contributed by atoms with Crippen LogP contribution in [0.4, 0.5) is 0 Å². The highest BCUT2D eigenvalue weighted by Crippen LogP contribution is 2.40. The van der Waals surface area contributed by atoms with Gasteiger partial charge in [-0.3, -0.25) is 5.41 Å². The van der Waals surface area contributed by atoms with Gasteiger partial charge in [0.1, 0.15) is 9.73 Å². The van der Waals surface area contributed by atoms with E-state index in [1.165, 1.54) is 48.2 Å². The van der Waals surface area contributed by atoms with Crippen molar-refractivity contribution in [2.75, 3.05) is 6.26 Å². The Labute approximate surface area is 212 Å². The molecular weight excluding hydrogens is 586 g/mol. The average molecular weight is 603 g/mol. The van der Waals surface area contributed by atoms with E-state index in [1.807, 2.05) is 0 Å². The SMILES string of the molecule is CSc1sc(C(=N)N=NN)cc1S(=O)(=NS(=O)(=O)c1cccc(C(=O)O)c1)c1cccc(Br)c1. The number of carboxylic acid groups (broad SMARTS) is 1. The first-order chi connectivity index (χ1) is 16.0. The van der Waals surface area contributed by atoms with Crippen LogP contribution in [0.2, 0.25) is 0 Å². The molecule has 2 aromatic carbocycles. The van der Waals surface area contributed by atoms with Gasteiger partial charge < -0.3 is 10.9 Å². The second kappa shape index (κ2) is 10.4. The van der Waals surface area contributed by atoms with Crippen molar-refractivity contribution in [2.45, 2.75) is 18.9 Å². The maximum Gasteiger partial charge on any atom is 0.335 e. The molecule has 1 atom stereocenters. The van der Waals surface area contributed by atoms with E-state index < -0.39 is 30.6 Å². The summed E-state index contributed by atoms with van der Waals surface area (Å²) in [6.45, 7) is 0. The third kappa shape index (κ3) is 5.38. The number of thiophene rings is 1. The summed E-state index contributed by atoms with van der Waals surface area (Å²) in [5.74, 6) is 3.43. The molecule has 1 heterocycles. The number of carboxylic acids is 1. The number of thioether (sulfide) groups is 1. The van der Waals surface area contributed by atoms with Gasteiger partial charge in [0.2, 0.25) is 0 Å². The lowest BCUT2D eigenvalue weighted by Crippen LogP contribution is -2.08. The Kier molecular flexibility index (Phi) is 7.92. The molecule has 0 fully saturated rings. The van der Waals surface area contributed by atoms with E-state index in [0.717, 1.165) is 17.4 Å². The fourth-order valence-corrected chi connectivity index (χ4v) is 9.90. The number of hydrogen-bond donors (Lipinski definition) is 3. The molecule has 1 unspecified atom stereocenters. The van der Waals surface area contributed by atoms with Crippen LogP contribution in [-0.2, 0) is 19.8 Å². The Morgan fingerprint density at radius 2 is 1.79 bits per heavy atom. The average Bonchev–Trinajstić information content (AvgIpc) is 3.24. The van der Waals surface area contributed by atoms with E-state index in [2.05, 4.69) is 30.0 Å². The molecule has 0 amide bonds. The summed E-state index contributed by atoms with van der Waals surface area (Å²) in [7, 11) is -8.41. The lowest BCUT2D eigenvalue weighted by atomic mass is 10.2. The quantitative estimate of drug-likeness (QED) is 0.0864. The molecule has 0 spiro atoms. The van der Waals surface area contributed by atoms with E-state index in [1.54, 1.807) is 18.4 Å². The summed E-state index contributed by atoms with van der Waals surface area (Å²) in [6.07, 6.45) is 1.71. The zero-order valence-electron chi connectivity index (χ0n) is 17.2. The molecule has 3 aromatic rings. The molecule has 0 saturated carbocycles. The van der Waals surface area contributed by atoms with Crippen molar-refractivity contribution >= 4 is 70.6 Å². The minimum Gasteiger partial charge on any atom is -0.478 e. The third-order valence-electron chi connectivity index (χ3n) is 4.24. The smallest absolute Gasteiger partial charge is 0.335 e. The number of nitrogens with two attached hydrogens (primary N) is 1. The summed E-state index contributed by atoms with van der Waals surface area (Å²) in [4.78, 5) is 11.3. The zero-order chi connectivity index (χ0) is 25.1. The van der Waals surface area contributed by atoms with Crippen molar-refractivity contribution in [3.63, 3.8) is 0 Å². The molecule has 0 aliphatic carbocycles. The van der Waals surface area contributed by atoms with Gasteiger partial charge in [-0.2, -0.15) is 8.42 Å². The van der Waals surface area contributed by atoms with Gasteiger partial charge in [0.05, 0.1) is 29.3 Å². The second-order valence-electron chi connectivity index (χ2n) is 6.40. The number of nitrogens with one attached hydrogen (secondary N) is 1. The number of rotatable bonds is 7. The maximum absolute atomic E-state index is 14.5. The van der Waals surface area contributed by atoms with Gasteiger partial charge in [-0.15, -0.1) is 28.2 Å². The molecule has 1 aromatic heterocycles. The van der Waals surface area contributed by atoms with Gasteiger partial charge in [0.15, 0.2) is 5.84 Å². The fraction of sp³-hybridized carbons (Fsp3) is 0.0526. The Morgan fingerprint density at radius 3 is 2.41 bits per heavy atom. The molecule has 0 aliphatic heterocycles. The normalized spacial score (nSPS) is 13.5. The van der Waals surface area contributed by atoms with E-state index in [9.17, 15) is 22.5 Å². The van der Waals surface area contributed by atoms with Crippen LogP contribution in [0.15, 0.2) is 92.1 Å². The van der Waals surface area contributed by atoms with E-state index in [-0.39, 0.29) is 26.1 Å². The molecule has 3 rings (SSSR count). The molecule has 178 valence electrons. The van der Waals surface area contributed by atoms with Crippen LogP contribution in [0.1, 0.15) is 15.2 Å². The molecule has 15 heteroatoms. The molecule has 0 aliphatic rings. The third-order valence-corrected chi connectivity index (χ3v) is 11.6. The van der Waals surface area contributed by atoms with Crippen molar-refractivity contribution in [2.24, 2.45) is 19.9 Å². The van der Waals surface area contributed by atoms with Crippen molar-refractivity contribution in [1.29, 1.82) is 5.41 Å². The van der Waals surface area contributed by atoms with Gasteiger partial charge in [-0.25, -0.2) is 9.00 Å². The predicted molar refractivity (Wildman–Crippen MR) is 134 cm³/mol. The maximum atomic E-state index is 14.5. The summed E-state index contributed by atoms with van der Waals surface area (Å²) in [6, 6.07) is 12.2. The van der Waals surface area contributed by atoms with Crippen molar-refractivity contribution in [3.05, 3.63) is 69.5 Å². The first kappa shape index (κ1) is 26.0. The molecule has 0 bridgehead atoms. The van der Waals surface area contributed by atoms with Crippen LogP contribution in [0.25, 0.3) is 0 Å². The lowest BCUT2D eigenvalue weighted by molar-refractivity contribution is 0.0696. The molecule has 10 nitrogen and oxygen atoms in total. The highest BCUT2D eigenvalue weighted by atomic mass is 79.9. The summed E-state index contributed by atoms with van der Waals surface area (Å²) in [5.41, 5.74) is -0.256. The number of halogens is 1. The Balaban J connectivity index is 2.37. The molecule has 0 radical (unpaired) electrons. The first-order valence-corrected chi connectivity index (χ1v) is 14.8. The number of amidine groups is 1. The van der Waals surface area contributed by atoms with Crippen LogP contribution in [0, 0.1) is 5.41 Å². The van der Waals surface area contributed by atoms with Gasteiger partial charge in [-0.1, -0.05) is 37.1 Å². The molecular formula is C19H16BrN5O5S4. The van der Waals surface area contributed by atoms with Crippen LogP contribution in [0.3, 0.4) is 0 Å². The Hall–Kier alpha value is -2.59. The van der Waals surface area contributed by atoms with E-state index in [4.69, 9.17) is 11.3 Å². The minimum atomic E-state index is -4.58. The summed E-state index contributed by atoms with van der Waals surface area (Å²) in [5, 5.41) is 23.8. The van der Waals surface area contributed by atoms with Gasteiger partial charge in [0, 0.05) is 4.47 Å². The number of nitrogens with zero attached hydrogens (tertiary/aromatic N) is 3. The van der Waals surface area contributed by atoms with E-state index in [0.29, 0.717) is 8.68 Å². The van der Waals surface area contributed by atoms with Crippen LogP contribution in [-0.4, -0.2) is 35.8 Å². The highest BCUT2D eigenvalue weighted by Gasteiger charge is 2.28. The van der Waals surface area contributed by atoms with Gasteiger partial charge >= 0.3 is 5.97 Å². The first-order valence-electron chi connectivity index (χ1n) is 9.02. The number of hydrogen-bond acceptors (Lipinski definition) is 8. The van der Waals surface area contributed by atoms with Gasteiger partial charge in [-0.05, 0) is 48.7 Å². The number of sulfonamides is 1. The topological polar surface area (TPSA) is 175 Å². The van der Waals surface area contributed by atoms with Crippen molar-refractivity contribution < 1.29 is 22.5 Å². The predicted octanol–water partition coefficient (Wildman–Crippen LogP) is 4.86. The zero-order valence-corrected chi connectivity index (χ0v) is 22.1. The second-order valence-corrected chi connectivity index (χ2v) is 13.4. The monoisotopic (exact) mass is 601 g/mol. The van der Waals surface area contributed by atoms with Crippen LogP contribution in [0.5, 0.6) is 0 Å². The van der Waals surface area contributed by atoms with Crippen LogP contribution < -0.4 is 5.84 Å². The highest BCUT2D eigenvalue weighted by molar-refractivity contribution is 9.10. The number of aromatic carboxylic acids is 1. The van der Waals surface area contributed by atoms with Crippen molar-refractivity contribution in [3.8, 4) is 0 Å². The number of benzene rings is 2. The van der Waals surface area contributed by atoms with Crippen molar-refractivity contribution in [1.82, 2.24) is 0 Å². The van der Waals surface area contributed by atoms with Gasteiger partial charge in [0.25, 0.3) is 10.0 Å². The summed E-state index contributed by atoms with van der Waals surface area (Å²) >= 11 is 5.57. The van der Waals surface area contributed by atoms with E-state index >= 15 is 0 Å². The minimum absolute atomic E-state index is 0.0769. The lowest BCUT2D eigenvalue weighted by Gasteiger charge is -2.12. The summed E-state index contributed by atoms with van der Waals surface area (Å²) < 4.78 is 45.8.